The van der Waals surface area contributed by atoms with Crippen LogP contribution in [0, 0.1) is 5.41 Å². The van der Waals surface area contributed by atoms with Gasteiger partial charge in [-0.15, -0.1) is 0 Å². The first-order chi connectivity index (χ1) is 6.65. The van der Waals surface area contributed by atoms with E-state index < -0.39 is 0 Å². The lowest BCUT2D eigenvalue weighted by atomic mass is 10.1. The maximum absolute atomic E-state index is 10.2. The smallest absolute Gasteiger partial charge is 0.150 e. The highest BCUT2D eigenvalue weighted by molar-refractivity contribution is 5.95. The minimum absolute atomic E-state index is 0.0162. The van der Waals surface area contributed by atoms with Crippen LogP contribution in [0.4, 0.5) is 0 Å². The quantitative estimate of drug-likeness (QED) is 0.419. The van der Waals surface area contributed by atoms with E-state index in [4.69, 9.17) is 11.1 Å². The number of nitrogen functional groups attached to an aromatic ring is 1. The standard InChI is InChI=1S/C8H8N2O.C2H6O/c9-8(10)7-3-1-6(5-11)2-4-7;1-3-2/h1-5H,(H3,9,10);1-2H3. The topological polar surface area (TPSA) is 76.2 Å². The zero-order valence-corrected chi connectivity index (χ0v) is 8.28. The molecule has 1 aromatic rings. The summed E-state index contributed by atoms with van der Waals surface area (Å²) in [6, 6.07) is 6.55. The normalized spacial score (nSPS) is 8.43. The molecule has 0 aliphatic heterocycles. The van der Waals surface area contributed by atoms with Gasteiger partial charge < -0.3 is 10.5 Å². The predicted octanol–water partition coefficient (Wildman–Crippen LogP) is 1.05. The minimum atomic E-state index is 0.0162. The summed E-state index contributed by atoms with van der Waals surface area (Å²) >= 11 is 0. The van der Waals surface area contributed by atoms with Gasteiger partial charge in [-0.05, 0) is 0 Å². The Bertz CT molecular complexity index is 293. The van der Waals surface area contributed by atoms with Gasteiger partial charge in [0.1, 0.15) is 12.1 Å². The summed E-state index contributed by atoms with van der Waals surface area (Å²) < 4.78 is 4.25. The second kappa shape index (κ2) is 6.80. The molecule has 0 unspecified atom stereocenters. The second-order valence-corrected chi connectivity index (χ2v) is 2.56. The van der Waals surface area contributed by atoms with E-state index in [2.05, 4.69) is 4.74 Å². The molecule has 0 radical (unpaired) electrons. The number of rotatable bonds is 2. The molecule has 3 N–H and O–H groups in total. The van der Waals surface area contributed by atoms with Gasteiger partial charge in [-0.25, -0.2) is 0 Å². The van der Waals surface area contributed by atoms with Crippen LogP contribution in [0.15, 0.2) is 24.3 Å². The number of hydrogen-bond acceptors (Lipinski definition) is 3. The van der Waals surface area contributed by atoms with E-state index in [-0.39, 0.29) is 5.84 Å². The molecule has 1 rings (SSSR count). The maximum atomic E-state index is 10.2. The second-order valence-electron chi connectivity index (χ2n) is 2.56. The van der Waals surface area contributed by atoms with Crippen LogP contribution in [0.3, 0.4) is 0 Å². The molecule has 1 aromatic carbocycles. The molecule has 0 amide bonds. The fourth-order valence-corrected chi connectivity index (χ4v) is 0.741. The van der Waals surface area contributed by atoms with Crippen molar-refractivity contribution in [3.8, 4) is 0 Å². The molecule has 0 fully saturated rings. The van der Waals surface area contributed by atoms with Gasteiger partial charge >= 0.3 is 0 Å². The summed E-state index contributed by atoms with van der Waals surface area (Å²) in [4.78, 5) is 10.2. The van der Waals surface area contributed by atoms with E-state index in [1.807, 2.05) is 0 Å². The van der Waals surface area contributed by atoms with Crippen molar-refractivity contribution in [2.24, 2.45) is 5.73 Å². The number of amidine groups is 1. The Labute approximate surface area is 83.2 Å². The van der Waals surface area contributed by atoms with Crippen LogP contribution in [-0.2, 0) is 4.74 Å². The molecule has 0 aliphatic carbocycles. The number of aldehydes is 1. The molecule has 0 aliphatic rings. The molecule has 0 spiro atoms. The fourth-order valence-electron chi connectivity index (χ4n) is 0.741. The number of carbonyl (C=O) groups is 1. The van der Waals surface area contributed by atoms with Crippen LogP contribution < -0.4 is 5.73 Å². The third kappa shape index (κ3) is 4.37. The summed E-state index contributed by atoms with van der Waals surface area (Å²) in [5, 5.41) is 7.05. The lowest BCUT2D eigenvalue weighted by Crippen LogP contribution is -2.10. The van der Waals surface area contributed by atoms with E-state index in [0.29, 0.717) is 11.1 Å². The van der Waals surface area contributed by atoms with Crippen molar-refractivity contribution in [2.75, 3.05) is 14.2 Å². The Balaban J connectivity index is 0.000000500. The number of methoxy groups -OCH3 is 1. The van der Waals surface area contributed by atoms with E-state index in [1.165, 1.54) is 0 Å². The lowest BCUT2D eigenvalue weighted by molar-refractivity contribution is 0.112. The van der Waals surface area contributed by atoms with E-state index in [9.17, 15) is 4.79 Å². The Morgan fingerprint density at radius 2 is 1.79 bits per heavy atom. The van der Waals surface area contributed by atoms with Crippen LogP contribution in [0.25, 0.3) is 0 Å². The van der Waals surface area contributed by atoms with Crippen molar-refractivity contribution in [3.05, 3.63) is 35.4 Å². The third-order valence-electron chi connectivity index (χ3n) is 1.36. The van der Waals surface area contributed by atoms with Crippen LogP contribution in [0.2, 0.25) is 0 Å². The van der Waals surface area contributed by atoms with Crippen molar-refractivity contribution >= 4 is 12.1 Å². The zero-order chi connectivity index (χ0) is 11.0. The predicted molar refractivity (Wildman–Crippen MR) is 55.8 cm³/mol. The van der Waals surface area contributed by atoms with Crippen LogP contribution >= 0.6 is 0 Å². The first-order valence-electron chi connectivity index (χ1n) is 3.95. The highest BCUT2D eigenvalue weighted by Gasteiger charge is 1.94. The summed E-state index contributed by atoms with van der Waals surface area (Å²) in [6.07, 6.45) is 0.754. The number of hydrogen-bond donors (Lipinski definition) is 2. The largest absolute Gasteiger partial charge is 0.388 e. The first kappa shape index (κ1) is 12.3. The van der Waals surface area contributed by atoms with Gasteiger partial charge in [0.2, 0.25) is 0 Å². The summed E-state index contributed by atoms with van der Waals surface area (Å²) in [6.45, 7) is 0. The van der Waals surface area contributed by atoms with Gasteiger partial charge in [0, 0.05) is 25.3 Å². The van der Waals surface area contributed by atoms with Crippen molar-refractivity contribution in [3.63, 3.8) is 0 Å². The number of nitrogens with two attached hydrogens (primary N) is 1. The van der Waals surface area contributed by atoms with Crippen LogP contribution in [0.5, 0.6) is 0 Å². The van der Waals surface area contributed by atoms with Gasteiger partial charge in [-0.2, -0.15) is 0 Å². The van der Waals surface area contributed by atoms with Crippen molar-refractivity contribution < 1.29 is 9.53 Å². The molecule has 0 atom stereocenters. The number of ether oxygens (including phenoxy) is 1. The monoisotopic (exact) mass is 194 g/mol. The average molecular weight is 194 g/mol. The SMILES string of the molecule is COC.N=C(N)c1ccc(C=O)cc1. The number of carbonyl (C=O) groups excluding carboxylic acids is 1. The highest BCUT2D eigenvalue weighted by atomic mass is 16.4. The Kier molecular flexibility index (Phi) is 5.98. The van der Waals surface area contributed by atoms with E-state index >= 15 is 0 Å². The summed E-state index contributed by atoms with van der Waals surface area (Å²) in [5.41, 5.74) is 6.43. The molecule has 14 heavy (non-hydrogen) atoms. The van der Waals surface area contributed by atoms with Gasteiger partial charge in [-0.3, -0.25) is 10.2 Å². The van der Waals surface area contributed by atoms with Gasteiger partial charge in [-0.1, -0.05) is 24.3 Å². The molecular weight excluding hydrogens is 180 g/mol. The average Bonchev–Trinajstić information content (AvgIpc) is 2.19. The van der Waals surface area contributed by atoms with Gasteiger partial charge in [0.15, 0.2) is 0 Å². The lowest BCUT2D eigenvalue weighted by Gasteiger charge is -1.96. The van der Waals surface area contributed by atoms with Crippen LogP contribution in [-0.4, -0.2) is 26.3 Å². The highest BCUT2D eigenvalue weighted by Crippen LogP contribution is 2.00. The van der Waals surface area contributed by atoms with Gasteiger partial charge in [0.05, 0.1) is 0 Å². The molecule has 76 valence electrons. The molecule has 4 nitrogen and oxygen atoms in total. The third-order valence-corrected chi connectivity index (χ3v) is 1.36. The van der Waals surface area contributed by atoms with Crippen LogP contribution in [0.1, 0.15) is 15.9 Å². The number of benzene rings is 1. The molecule has 0 bridgehead atoms. The Morgan fingerprint density at radius 3 is 2.07 bits per heavy atom. The molecule has 0 saturated heterocycles. The summed E-state index contributed by atoms with van der Waals surface area (Å²) in [5.74, 6) is 0.0162. The molecule has 0 heterocycles. The molecule has 0 aromatic heterocycles. The Hall–Kier alpha value is -1.68. The van der Waals surface area contributed by atoms with Crippen molar-refractivity contribution in [1.29, 1.82) is 5.41 Å². The van der Waals surface area contributed by atoms with Crippen molar-refractivity contribution in [2.45, 2.75) is 0 Å². The Morgan fingerprint density at radius 1 is 1.36 bits per heavy atom. The minimum Gasteiger partial charge on any atom is -0.388 e. The van der Waals surface area contributed by atoms with E-state index in [0.717, 1.165) is 6.29 Å². The van der Waals surface area contributed by atoms with Crippen molar-refractivity contribution in [1.82, 2.24) is 0 Å². The van der Waals surface area contributed by atoms with E-state index in [1.54, 1.807) is 38.5 Å². The molecule has 4 heteroatoms. The summed E-state index contributed by atoms with van der Waals surface area (Å²) in [7, 11) is 3.25. The first-order valence-corrected chi connectivity index (χ1v) is 3.95. The fraction of sp³-hybridized carbons (Fsp3) is 0.200. The zero-order valence-electron chi connectivity index (χ0n) is 8.28. The molecular formula is C10H14N2O2. The maximum Gasteiger partial charge on any atom is 0.150 e. The van der Waals surface area contributed by atoms with Gasteiger partial charge in [0.25, 0.3) is 0 Å². The molecule has 0 saturated carbocycles. The number of nitrogens with one attached hydrogen (secondary N) is 1.